The molecular formula is C39H37N4O12S3+. The van der Waals surface area contributed by atoms with Crippen LogP contribution in [0.5, 0.6) is 0 Å². The van der Waals surface area contributed by atoms with Crippen LogP contribution in [0.25, 0.3) is 27.1 Å². The van der Waals surface area contributed by atoms with E-state index in [0.29, 0.717) is 48.7 Å². The van der Waals surface area contributed by atoms with E-state index in [1.165, 1.54) is 35.6 Å². The number of rotatable bonds is 15. The monoisotopic (exact) mass is 849 g/mol. The van der Waals surface area contributed by atoms with Gasteiger partial charge in [0.05, 0.1) is 20.8 Å². The molecule has 0 fully saturated rings. The number of para-hydroxylation sites is 1. The van der Waals surface area contributed by atoms with Crippen LogP contribution in [-0.2, 0) is 37.0 Å². The number of fused-ring (bicyclic) bond motifs is 4. The van der Waals surface area contributed by atoms with Gasteiger partial charge in [0.25, 0.3) is 36.6 Å². The second-order valence-electron chi connectivity index (χ2n) is 14.1. The summed E-state index contributed by atoms with van der Waals surface area (Å²) in [5, 5.41) is 33.2. The van der Waals surface area contributed by atoms with Crippen molar-refractivity contribution >= 4 is 81.7 Å². The third-order valence-corrected chi connectivity index (χ3v) is 12.7. The van der Waals surface area contributed by atoms with E-state index in [-0.39, 0.29) is 23.7 Å². The Morgan fingerprint density at radius 3 is 2.19 bits per heavy atom. The number of nitrogens with zero attached hydrogens (tertiary/aromatic N) is 4. The number of carboxylic acid groups (broad SMARTS) is 1. The number of anilines is 1. The van der Waals surface area contributed by atoms with Crippen molar-refractivity contribution in [2.24, 2.45) is 0 Å². The molecular weight excluding hydrogens is 813 g/mol. The van der Waals surface area contributed by atoms with Gasteiger partial charge < -0.3 is 10.0 Å². The first-order valence-electron chi connectivity index (χ1n) is 17.7. The van der Waals surface area contributed by atoms with Crippen molar-refractivity contribution in [3.8, 4) is 0 Å². The lowest BCUT2D eigenvalue weighted by Gasteiger charge is -2.27. The number of allylic oxidation sites excluding steroid dienone is 5. The molecule has 302 valence electrons. The number of benzene rings is 4. The van der Waals surface area contributed by atoms with Crippen LogP contribution in [0.1, 0.15) is 55.7 Å². The smallest absolute Gasteiger partial charge is 0.303 e. The van der Waals surface area contributed by atoms with Gasteiger partial charge in [-0.25, -0.2) is 0 Å². The van der Waals surface area contributed by atoms with Gasteiger partial charge in [-0.1, -0.05) is 68.0 Å². The molecule has 0 radical (unpaired) electrons. The van der Waals surface area contributed by atoms with Crippen LogP contribution in [0, 0.1) is 20.2 Å². The summed E-state index contributed by atoms with van der Waals surface area (Å²) in [5.41, 5.74) is 1.43. The lowest BCUT2D eigenvalue weighted by atomic mass is 9.81. The quantitative estimate of drug-likeness (QED) is 0.0230. The zero-order valence-electron chi connectivity index (χ0n) is 31.0. The normalized spacial score (nSPS) is 15.0. The van der Waals surface area contributed by atoms with E-state index in [0.717, 1.165) is 27.0 Å². The minimum atomic E-state index is -4.93. The van der Waals surface area contributed by atoms with E-state index in [4.69, 9.17) is 5.11 Å². The number of hydrogen-bond acceptors (Lipinski definition) is 11. The molecule has 0 amide bonds. The highest BCUT2D eigenvalue weighted by Crippen LogP contribution is 2.52. The number of hydrogen-bond donors (Lipinski definition) is 3. The Balaban J connectivity index is 1.39. The molecule has 6 rings (SSSR count). The predicted octanol–water partition coefficient (Wildman–Crippen LogP) is 7.60. The van der Waals surface area contributed by atoms with Gasteiger partial charge in [0.15, 0.2) is 6.54 Å². The zero-order chi connectivity index (χ0) is 42.2. The van der Waals surface area contributed by atoms with Crippen molar-refractivity contribution in [1.29, 1.82) is 0 Å². The molecule has 0 atom stereocenters. The average Bonchev–Trinajstić information content (AvgIpc) is 3.59. The summed E-state index contributed by atoms with van der Waals surface area (Å²) in [4.78, 5) is 33.5. The van der Waals surface area contributed by atoms with Gasteiger partial charge in [-0.05, 0) is 54.1 Å². The number of nitro groups is 2. The van der Waals surface area contributed by atoms with E-state index in [2.05, 4.69) is 0 Å². The summed E-state index contributed by atoms with van der Waals surface area (Å²) in [6.45, 7) is 4.28. The molecule has 0 saturated heterocycles. The predicted molar refractivity (Wildman–Crippen MR) is 217 cm³/mol. The first-order chi connectivity index (χ1) is 27.3. The summed E-state index contributed by atoms with van der Waals surface area (Å²) in [6.07, 6.45) is 10.7. The number of thiazole rings is 1. The minimum Gasteiger partial charge on any atom is -0.481 e. The van der Waals surface area contributed by atoms with Crippen LogP contribution in [0.4, 0.5) is 17.1 Å². The fraction of sp³-hybridized carbons (Fsp3) is 0.231. The van der Waals surface area contributed by atoms with E-state index in [1.807, 2.05) is 59.7 Å². The van der Waals surface area contributed by atoms with Crippen molar-refractivity contribution < 1.29 is 50.3 Å². The Kier molecular flexibility index (Phi) is 11.7. The number of carboxylic acids is 1. The fourth-order valence-corrected chi connectivity index (χ4v) is 9.71. The number of carbonyl (C=O) groups is 1. The topological polar surface area (TPSA) is 239 Å². The number of aromatic nitrogens is 1. The molecule has 0 unspecified atom stereocenters. The lowest BCUT2D eigenvalue weighted by molar-refractivity contribution is -0.659. The first kappa shape index (κ1) is 41.8. The molecule has 4 aromatic carbocycles. The summed E-state index contributed by atoms with van der Waals surface area (Å²) in [5.74, 6) is -0.906. The summed E-state index contributed by atoms with van der Waals surface area (Å²) in [6, 6.07) is 16.1. The van der Waals surface area contributed by atoms with Gasteiger partial charge >= 0.3 is 5.97 Å². The van der Waals surface area contributed by atoms with Crippen LogP contribution in [-0.4, -0.2) is 53.4 Å². The van der Waals surface area contributed by atoms with E-state index >= 15 is 0 Å². The molecule has 0 saturated carbocycles. The van der Waals surface area contributed by atoms with E-state index in [9.17, 15) is 51.0 Å². The van der Waals surface area contributed by atoms with Crippen LogP contribution in [0.15, 0.2) is 107 Å². The lowest BCUT2D eigenvalue weighted by Crippen LogP contribution is -2.35. The molecule has 2 heterocycles. The van der Waals surface area contributed by atoms with Crippen molar-refractivity contribution in [2.75, 3.05) is 11.4 Å². The molecule has 0 spiro atoms. The van der Waals surface area contributed by atoms with Crippen LogP contribution in [0.3, 0.4) is 0 Å². The molecule has 0 aliphatic carbocycles. The van der Waals surface area contributed by atoms with Crippen molar-refractivity contribution in [1.82, 2.24) is 0 Å². The molecule has 1 aliphatic rings. The van der Waals surface area contributed by atoms with Crippen molar-refractivity contribution in [3.63, 3.8) is 0 Å². The SMILES string of the molecule is CC1(C)\C(=C/C=C/C=C/c2sc3ccccc3[n+]2Cc2cc([N+](=O)[O-])cc([N+](=O)[O-])c2)N(CCCCCC(=O)O)c2ccc3c(S(=O)(=O)O)cc(S(=O)(=O)O)cc3c21. The fourth-order valence-electron chi connectivity index (χ4n) is 7.30. The second kappa shape index (κ2) is 16.2. The van der Waals surface area contributed by atoms with Gasteiger partial charge in [0, 0.05) is 65.0 Å². The Morgan fingerprint density at radius 2 is 1.55 bits per heavy atom. The van der Waals surface area contributed by atoms with Crippen LogP contribution < -0.4 is 9.47 Å². The Hall–Kier alpha value is -5.86. The maximum absolute atomic E-state index is 12.5. The Labute approximate surface area is 336 Å². The Morgan fingerprint density at radius 1 is 0.862 bits per heavy atom. The molecule has 16 nitrogen and oxygen atoms in total. The largest absolute Gasteiger partial charge is 0.481 e. The molecule has 58 heavy (non-hydrogen) atoms. The molecule has 1 aromatic heterocycles. The number of unbranched alkanes of at least 4 members (excludes halogenated alkanes) is 2. The third-order valence-electron chi connectivity index (χ3n) is 9.82. The van der Waals surface area contributed by atoms with Crippen LogP contribution >= 0.6 is 11.3 Å². The van der Waals surface area contributed by atoms with Gasteiger partial charge in [0.2, 0.25) is 5.52 Å². The highest BCUT2D eigenvalue weighted by Gasteiger charge is 2.42. The second-order valence-corrected chi connectivity index (χ2v) is 17.9. The Bertz CT molecular complexity index is 2790. The van der Waals surface area contributed by atoms with Gasteiger partial charge in [-0.2, -0.15) is 21.4 Å². The van der Waals surface area contributed by atoms with Gasteiger partial charge in [-0.15, -0.1) is 0 Å². The highest BCUT2D eigenvalue weighted by molar-refractivity contribution is 7.86. The molecule has 1 aliphatic heterocycles. The maximum Gasteiger partial charge on any atom is 0.303 e. The first-order valence-corrected chi connectivity index (χ1v) is 21.4. The summed E-state index contributed by atoms with van der Waals surface area (Å²) < 4.78 is 72.3. The molecule has 19 heteroatoms. The van der Waals surface area contributed by atoms with Gasteiger partial charge in [0.1, 0.15) is 9.60 Å². The van der Waals surface area contributed by atoms with Crippen molar-refractivity contribution in [2.45, 2.75) is 61.3 Å². The van der Waals surface area contributed by atoms with Gasteiger partial charge in [-0.3, -0.25) is 34.1 Å². The van der Waals surface area contributed by atoms with Crippen molar-refractivity contribution in [3.05, 3.63) is 133 Å². The molecule has 5 aromatic rings. The third kappa shape index (κ3) is 8.67. The molecule has 0 bridgehead atoms. The van der Waals surface area contributed by atoms with E-state index in [1.54, 1.807) is 24.3 Å². The minimum absolute atomic E-state index is 0.00625. The molecule has 3 N–H and O–H groups in total. The van der Waals surface area contributed by atoms with E-state index < -0.39 is 62.6 Å². The van der Waals surface area contributed by atoms with Crippen LogP contribution in [0.2, 0.25) is 0 Å². The maximum atomic E-state index is 12.5. The average molecular weight is 850 g/mol. The summed E-state index contributed by atoms with van der Waals surface area (Å²) in [7, 11) is -9.83. The number of aliphatic carboxylic acids is 1. The zero-order valence-corrected chi connectivity index (χ0v) is 33.5. The number of nitro benzene ring substituents is 2. The number of non-ortho nitro benzene ring substituents is 2. The standard InChI is InChI=1S/C39H36N4O12S3/c1-39(2)35(13-5-3-6-14-36-41(31-11-8-9-12-33(31)56-36)24-25-19-26(42(46)47)21-27(20-25)43(48)49)40(18-10-4-7-15-37(44)45)32-17-16-29-30(38(32)39)22-28(57(50,51)52)23-34(29)58(53,54)55/h3,5-6,8-9,11-14,16-17,19-23H,4,7,10,15,18,24H2,1-2H3,(H2-,44,45,50,51,52,53,54,55)/p+1. The summed E-state index contributed by atoms with van der Waals surface area (Å²) >= 11 is 1.45. The highest BCUT2D eigenvalue weighted by atomic mass is 32.2.